The van der Waals surface area contributed by atoms with Gasteiger partial charge in [-0.15, -0.1) is 0 Å². The van der Waals surface area contributed by atoms with Crippen molar-refractivity contribution >= 4 is 6.29 Å². The maximum atomic E-state index is 10.1. The first-order valence-electron chi connectivity index (χ1n) is 2.62. The van der Waals surface area contributed by atoms with E-state index in [0.717, 1.165) is 6.29 Å². The molecule has 0 saturated heterocycles. The molecule has 0 fully saturated rings. The molecule has 1 rings (SSSR count). The zero-order chi connectivity index (χ0) is 6.69. The van der Waals surface area contributed by atoms with E-state index in [2.05, 4.69) is 0 Å². The highest BCUT2D eigenvalue weighted by Gasteiger charge is 2.04. The highest BCUT2D eigenvalue weighted by Crippen LogP contribution is 2.15. The zero-order valence-electron chi connectivity index (χ0n) is 4.79. The van der Waals surface area contributed by atoms with Gasteiger partial charge in [0.2, 0.25) is 0 Å². The molecule has 1 aliphatic carbocycles. The second-order valence-electron chi connectivity index (χ2n) is 1.84. The summed E-state index contributed by atoms with van der Waals surface area (Å²) in [6.45, 7) is 0. The van der Waals surface area contributed by atoms with Gasteiger partial charge in [0.25, 0.3) is 0 Å². The quantitative estimate of drug-likeness (QED) is 0.482. The van der Waals surface area contributed by atoms with Crippen LogP contribution in [0.3, 0.4) is 0 Å². The van der Waals surface area contributed by atoms with Crippen LogP contribution in [0.5, 0.6) is 0 Å². The molecule has 0 N–H and O–H groups in total. The van der Waals surface area contributed by atoms with E-state index >= 15 is 0 Å². The van der Waals surface area contributed by atoms with Gasteiger partial charge in [0, 0.05) is 12.0 Å². The molecule has 9 heavy (non-hydrogen) atoms. The summed E-state index contributed by atoms with van der Waals surface area (Å²) in [6.07, 6.45) is 4.64. The average Bonchev–Trinajstić information content (AvgIpc) is 2.34. The third-order valence-electron chi connectivity index (χ3n) is 1.19. The van der Waals surface area contributed by atoms with Crippen molar-refractivity contribution in [3.63, 3.8) is 0 Å². The molecule has 0 aromatic rings. The van der Waals surface area contributed by atoms with E-state index in [1.165, 1.54) is 0 Å². The first kappa shape index (κ1) is 5.77. The van der Waals surface area contributed by atoms with E-state index in [0.29, 0.717) is 17.6 Å². The summed E-state index contributed by atoms with van der Waals surface area (Å²) in [5, 5.41) is 8.31. The van der Waals surface area contributed by atoms with Gasteiger partial charge < -0.3 is 0 Å². The largest absolute Gasteiger partial charge is 0.298 e. The molecule has 0 heterocycles. The van der Waals surface area contributed by atoms with Crippen molar-refractivity contribution in [2.45, 2.75) is 6.42 Å². The van der Waals surface area contributed by atoms with Gasteiger partial charge in [0.15, 0.2) is 0 Å². The van der Waals surface area contributed by atoms with E-state index in [1.54, 1.807) is 12.2 Å². The van der Waals surface area contributed by atoms with Crippen LogP contribution in [0.25, 0.3) is 0 Å². The van der Waals surface area contributed by atoms with E-state index in [4.69, 9.17) is 5.26 Å². The van der Waals surface area contributed by atoms with E-state index < -0.39 is 0 Å². The van der Waals surface area contributed by atoms with E-state index in [9.17, 15) is 4.79 Å². The number of allylic oxidation sites excluding steroid dienone is 4. The Morgan fingerprint density at radius 2 is 2.44 bits per heavy atom. The van der Waals surface area contributed by atoms with Crippen LogP contribution >= 0.6 is 0 Å². The van der Waals surface area contributed by atoms with Crippen LogP contribution in [-0.2, 0) is 4.79 Å². The molecule has 0 aromatic heterocycles. The molecule has 2 nitrogen and oxygen atoms in total. The number of aldehydes is 1. The number of carbonyl (C=O) groups is 1. The summed E-state index contributed by atoms with van der Waals surface area (Å²) in [5.74, 6) is 0. The minimum absolute atomic E-state index is 0.514. The number of nitrogens with zero attached hydrogens (tertiary/aromatic N) is 1. The number of rotatable bonds is 1. The summed E-state index contributed by atoms with van der Waals surface area (Å²) < 4.78 is 0. The lowest BCUT2D eigenvalue weighted by Gasteiger charge is -1.84. The molecule has 1 aliphatic rings. The second kappa shape index (κ2) is 2.27. The standard InChI is InChI=1S/C7H5NO/c8-4-6-1-2-7(3-6)5-9/h1-2,5H,3H2. The van der Waals surface area contributed by atoms with Crippen molar-refractivity contribution < 1.29 is 4.79 Å². The monoisotopic (exact) mass is 119 g/mol. The maximum absolute atomic E-state index is 10.1. The third-order valence-corrected chi connectivity index (χ3v) is 1.19. The van der Waals surface area contributed by atoms with Crippen LogP contribution in [0, 0.1) is 11.3 Å². The van der Waals surface area contributed by atoms with Crippen molar-refractivity contribution in [2.24, 2.45) is 0 Å². The van der Waals surface area contributed by atoms with Crippen LogP contribution < -0.4 is 0 Å². The van der Waals surface area contributed by atoms with Crippen LogP contribution in [0.15, 0.2) is 23.3 Å². The topological polar surface area (TPSA) is 40.9 Å². The van der Waals surface area contributed by atoms with Crippen molar-refractivity contribution in [3.8, 4) is 6.07 Å². The fraction of sp³-hybridized carbons (Fsp3) is 0.143. The van der Waals surface area contributed by atoms with Gasteiger partial charge in [-0.3, -0.25) is 4.79 Å². The number of hydrogen-bond donors (Lipinski definition) is 0. The Morgan fingerprint density at radius 3 is 2.78 bits per heavy atom. The predicted octanol–water partition coefficient (Wildman–Crippen LogP) is 0.965. The molecule has 2 heteroatoms. The summed E-state index contributed by atoms with van der Waals surface area (Å²) in [4.78, 5) is 10.1. The Labute approximate surface area is 53.1 Å². The summed E-state index contributed by atoms with van der Waals surface area (Å²) in [7, 11) is 0. The van der Waals surface area contributed by atoms with Gasteiger partial charge in [-0.2, -0.15) is 5.26 Å². The van der Waals surface area contributed by atoms with Gasteiger partial charge in [-0.25, -0.2) is 0 Å². The lowest BCUT2D eigenvalue weighted by Crippen LogP contribution is -1.79. The van der Waals surface area contributed by atoms with Crippen LogP contribution in [0.1, 0.15) is 6.42 Å². The molecule has 0 atom stereocenters. The van der Waals surface area contributed by atoms with Crippen LogP contribution in [0.2, 0.25) is 0 Å². The lowest BCUT2D eigenvalue weighted by molar-refractivity contribution is -0.104. The predicted molar refractivity (Wildman–Crippen MR) is 32.5 cm³/mol. The molecule has 0 saturated carbocycles. The Balaban J connectivity index is 2.65. The van der Waals surface area contributed by atoms with Crippen molar-refractivity contribution in [1.82, 2.24) is 0 Å². The van der Waals surface area contributed by atoms with E-state index in [1.807, 2.05) is 6.07 Å². The Hall–Kier alpha value is -1.36. The van der Waals surface area contributed by atoms with Crippen molar-refractivity contribution in [3.05, 3.63) is 23.3 Å². The summed E-state index contributed by atoms with van der Waals surface area (Å²) >= 11 is 0. The van der Waals surface area contributed by atoms with Crippen molar-refractivity contribution in [1.29, 1.82) is 5.26 Å². The molecule has 0 unspecified atom stereocenters. The minimum atomic E-state index is 0.514. The Bertz CT molecular complexity index is 230. The average molecular weight is 119 g/mol. The summed E-state index contributed by atoms with van der Waals surface area (Å²) in [6, 6.07) is 1.98. The Kier molecular flexibility index (Phi) is 1.46. The highest BCUT2D eigenvalue weighted by molar-refractivity contribution is 5.76. The molecule has 44 valence electrons. The molecular formula is C7H5NO. The molecule has 0 aromatic carbocycles. The second-order valence-corrected chi connectivity index (χ2v) is 1.84. The molecule has 0 bridgehead atoms. The first-order chi connectivity index (χ1) is 4.36. The highest BCUT2D eigenvalue weighted by atomic mass is 16.1. The van der Waals surface area contributed by atoms with Gasteiger partial charge in [0.1, 0.15) is 6.29 Å². The SMILES string of the molecule is N#CC1=CC=C(C=O)C1. The van der Waals surface area contributed by atoms with Crippen molar-refractivity contribution in [2.75, 3.05) is 0 Å². The van der Waals surface area contributed by atoms with Gasteiger partial charge in [-0.05, 0) is 11.6 Å². The lowest BCUT2D eigenvalue weighted by atomic mass is 10.2. The van der Waals surface area contributed by atoms with E-state index in [-0.39, 0.29) is 0 Å². The Morgan fingerprint density at radius 1 is 1.67 bits per heavy atom. The minimum Gasteiger partial charge on any atom is -0.298 e. The molecular weight excluding hydrogens is 114 g/mol. The number of carbonyl (C=O) groups excluding carboxylic acids is 1. The summed E-state index contributed by atoms with van der Waals surface area (Å²) in [5.41, 5.74) is 1.35. The zero-order valence-corrected chi connectivity index (χ0v) is 4.79. The molecule has 0 spiro atoms. The molecule has 0 amide bonds. The van der Waals surface area contributed by atoms with Crippen LogP contribution in [0.4, 0.5) is 0 Å². The van der Waals surface area contributed by atoms with Gasteiger partial charge in [-0.1, -0.05) is 6.08 Å². The van der Waals surface area contributed by atoms with Gasteiger partial charge >= 0.3 is 0 Å². The fourth-order valence-corrected chi connectivity index (χ4v) is 0.703. The first-order valence-corrected chi connectivity index (χ1v) is 2.62. The normalized spacial score (nSPS) is 15.9. The number of hydrogen-bond acceptors (Lipinski definition) is 2. The van der Waals surface area contributed by atoms with Gasteiger partial charge in [0.05, 0.1) is 6.07 Å². The molecule has 0 aliphatic heterocycles. The smallest absolute Gasteiger partial charge is 0.146 e. The number of nitriles is 1. The van der Waals surface area contributed by atoms with Crippen LogP contribution in [-0.4, -0.2) is 6.29 Å². The third kappa shape index (κ3) is 1.06. The maximum Gasteiger partial charge on any atom is 0.146 e. The molecule has 0 radical (unpaired) electrons. The fourth-order valence-electron chi connectivity index (χ4n) is 0.703.